The average molecular weight is 577 g/mol. The summed E-state index contributed by atoms with van der Waals surface area (Å²) in [4.78, 5) is 21.0. The van der Waals surface area contributed by atoms with Gasteiger partial charge in [-0.15, -0.1) is 0 Å². The summed E-state index contributed by atoms with van der Waals surface area (Å²) in [5.41, 5.74) is -0.569. The fraction of sp³-hybridized carbons (Fsp3) is 0.222. The molecule has 3 aromatic heterocycles. The second-order valence-corrected chi connectivity index (χ2v) is 12.1. The first-order chi connectivity index (χ1) is 18.3. The van der Waals surface area contributed by atoms with Crippen LogP contribution in [0.1, 0.15) is 40.8 Å². The van der Waals surface area contributed by atoms with E-state index in [1.807, 2.05) is 0 Å². The highest BCUT2D eigenvalue weighted by molar-refractivity contribution is 7.91. The maximum atomic E-state index is 16.0. The lowest BCUT2D eigenvalue weighted by Gasteiger charge is -2.18. The Morgan fingerprint density at radius 1 is 1.05 bits per heavy atom. The molecule has 1 saturated carbocycles. The fourth-order valence-electron chi connectivity index (χ4n) is 4.84. The van der Waals surface area contributed by atoms with E-state index >= 15 is 8.78 Å². The molecule has 3 heterocycles. The minimum atomic E-state index is -3.45. The van der Waals surface area contributed by atoms with Crippen LogP contribution in [0.3, 0.4) is 0 Å². The molecule has 3 atom stereocenters. The third-order valence-electron chi connectivity index (χ3n) is 6.78. The lowest BCUT2D eigenvalue weighted by atomic mass is 10.1. The summed E-state index contributed by atoms with van der Waals surface area (Å²) in [5, 5.41) is -0.194. The first-order valence-electron chi connectivity index (χ1n) is 11.7. The molecule has 0 unspecified atom stereocenters. The van der Waals surface area contributed by atoms with Crippen molar-refractivity contribution in [3.05, 3.63) is 104 Å². The molecule has 1 aromatic carbocycles. The summed E-state index contributed by atoms with van der Waals surface area (Å²) < 4.78 is 79.8. The van der Waals surface area contributed by atoms with Crippen LogP contribution in [0.2, 0.25) is 5.02 Å². The van der Waals surface area contributed by atoms with Gasteiger partial charge in [0.05, 0.1) is 32.2 Å². The molecular weight excluding hydrogens is 556 g/mol. The lowest BCUT2D eigenvalue weighted by molar-refractivity contribution is 0.557. The van der Waals surface area contributed by atoms with Gasteiger partial charge in [-0.25, -0.2) is 26.6 Å². The second kappa shape index (κ2) is 9.56. The Morgan fingerprint density at radius 2 is 1.77 bits per heavy atom. The monoisotopic (exact) mass is 576 g/mol. The Bertz CT molecular complexity index is 1840. The predicted molar refractivity (Wildman–Crippen MR) is 139 cm³/mol. The van der Waals surface area contributed by atoms with Crippen molar-refractivity contribution >= 4 is 21.3 Å². The largest absolute Gasteiger partial charge is 0.277 e. The van der Waals surface area contributed by atoms with E-state index in [9.17, 15) is 17.8 Å². The SMILES string of the molecule is Cc1cnc(-c2cccc([S@@](C)(=N)=O)c2F)c(F)c1-n1c(C)cc([C@H]2C[C@@H]2c2ncc(F)cc2F)c(Cl)c1=O. The van der Waals surface area contributed by atoms with E-state index < -0.39 is 55.1 Å². The average Bonchev–Trinajstić information content (AvgIpc) is 3.63. The van der Waals surface area contributed by atoms with E-state index in [0.717, 1.165) is 23.1 Å². The Balaban J connectivity index is 1.62. The standard InChI is InChI=1S/C27H21ClF4N4O2S/c1-12-10-34-25(15-5-4-6-20(22(15)31)39(3,33)38)23(32)26(12)36-13(2)7-17(21(28)27(36)37)16-9-18(16)24-19(30)8-14(29)11-35-24/h4-8,10-11,16,18,33H,9H2,1-3H3/t16-,18+,39+/m1/s1. The number of rotatable bonds is 5. The van der Waals surface area contributed by atoms with Crippen LogP contribution in [0.4, 0.5) is 17.6 Å². The first kappa shape index (κ1) is 27.0. The molecule has 0 bridgehead atoms. The van der Waals surface area contributed by atoms with Gasteiger partial charge in [0.25, 0.3) is 5.56 Å². The van der Waals surface area contributed by atoms with Crippen molar-refractivity contribution in [1.29, 1.82) is 4.78 Å². The van der Waals surface area contributed by atoms with Crippen LogP contribution in [-0.4, -0.2) is 25.0 Å². The molecule has 0 amide bonds. The Kier molecular flexibility index (Phi) is 6.62. The van der Waals surface area contributed by atoms with Gasteiger partial charge in [0.2, 0.25) is 0 Å². The van der Waals surface area contributed by atoms with Gasteiger partial charge in [-0.3, -0.25) is 19.3 Å². The predicted octanol–water partition coefficient (Wildman–Crippen LogP) is 6.43. The third kappa shape index (κ3) is 4.63. The number of halogens is 5. The lowest BCUT2D eigenvalue weighted by Crippen LogP contribution is -2.24. The highest BCUT2D eigenvalue weighted by Gasteiger charge is 2.44. The molecule has 202 valence electrons. The van der Waals surface area contributed by atoms with Crippen molar-refractivity contribution in [2.24, 2.45) is 0 Å². The molecule has 0 spiro atoms. The molecule has 1 fully saturated rings. The summed E-state index contributed by atoms with van der Waals surface area (Å²) in [6, 6.07) is 6.13. The quantitative estimate of drug-likeness (QED) is 0.277. The molecule has 0 saturated heterocycles. The third-order valence-corrected chi connectivity index (χ3v) is 8.31. The highest BCUT2D eigenvalue weighted by Crippen LogP contribution is 2.55. The number of nitrogens with zero attached hydrogens (tertiary/aromatic N) is 3. The Hall–Kier alpha value is -3.57. The Morgan fingerprint density at radius 3 is 2.44 bits per heavy atom. The van der Waals surface area contributed by atoms with E-state index in [1.165, 1.54) is 31.3 Å². The number of hydrogen-bond acceptors (Lipinski definition) is 5. The molecule has 0 radical (unpaired) electrons. The summed E-state index contributed by atoms with van der Waals surface area (Å²) in [5.74, 6) is -4.37. The minimum absolute atomic E-state index is 0.0768. The van der Waals surface area contributed by atoms with E-state index in [2.05, 4.69) is 9.97 Å². The fourth-order valence-corrected chi connectivity index (χ4v) is 5.91. The van der Waals surface area contributed by atoms with E-state index in [-0.39, 0.29) is 33.4 Å². The number of pyridine rings is 3. The van der Waals surface area contributed by atoms with Crippen LogP contribution in [0.15, 0.2) is 52.4 Å². The maximum absolute atomic E-state index is 16.0. The van der Waals surface area contributed by atoms with Crippen LogP contribution in [0, 0.1) is 41.9 Å². The summed E-state index contributed by atoms with van der Waals surface area (Å²) in [6.07, 6.45) is 3.69. The molecule has 5 rings (SSSR count). The number of benzene rings is 1. The van der Waals surface area contributed by atoms with Crippen molar-refractivity contribution in [2.75, 3.05) is 6.26 Å². The van der Waals surface area contributed by atoms with Crippen LogP contribution < -0.4 is 5.56 Å². The topological polar surface area (TPSA) is 88.7 Å². The van der Waals surface area contributed by atoms with Gasteiger partial charge in [-0.2, -0.15) is 0 Å². The van der Waals surface area contributed by atoms with Gasteiger partial charge in [-0.1, -0.05) is 17.7 Å². The van der Waals surface area contributed by atoms with Crippen LogP contribution in [0.25, 0.3) is 16.9 Å². The van der Waals surface area contributed by atoms with E-state index in [1.54, 1.807) is 13.0 Å². The molecule has 0 aliphatic heterocycles. The molecule has 1 N–H and O–H groups in total. The van der Waals surface area contributed by atoms with Gasteiger partial charge in [0.15, 0.2) is 5.82 Å². The summed E-state index contributed by atoms with van der Waals surface area (Å²) in [6.45, 7) is 3.10. The van der Waals surface area contributed by atoms with Crippen molar-refractivity contribution in [3.63, 3.8) is 0 Å². The zero-order chi connectivity index (χ0) is 28.4. The Labute approximate surface area is 226 Å². The number of aryl methyl sites for hydroxylation is 2. The zero-order valence-electron chi connectivity index (χ0n) is 20.9. The second-order valence-electron chi connectivity index (χ2n) is 9.58. The van der Waals surface area contributed by atoms with Gasteiger partial charge < -0.3 is 0 Å². The van der Waals surface area contributed by atoms with E-state index in [4.69, 9.17) is 16.4 Å². The highest BCUT2D eigenvalue weighted by atomic mass is 35.5. The first-order valence-corrected chi connectivity index (χ1v) is 14.1. The molecule has 6 nitrogen and oxygen atoms in total. The molecule has 4 aromatic rings. The van der Waals surface area contributed by atoms with Gasteiger partial charge in [-0.05, 0) is 55.5 Å². The van der Waals surface area contributed by atoms with Crippen molar-refractivity contribution < 1.29 is 21.8 Å². The molecule has 1 aliphatic rings. The van der Waals surface area contributed by atoms with Crippen LogP contribution >= 0.6 is 11.6 Å². The van der Waals surface area contributed by atoms with Crippen LogP contribution in [0.5, 0.6) is 0 Å². The normalized spacial score (nSPS) is 18.2. The number of hydrogen-bond donors (Lipinski definition) is 1. The summed E-state index contributed by atoms with van der Waals surface area (Å²) >= 11 is 6.47. The smallest absolute Gasteiger partial charge is 0.274 e. The van der Waals surface area contributed by atoms with Crippen molar-refractivity contribution in [1.82, 2.24) is 14.5 Å². The van der Waals surface area contributed by atoms with Crippen molar-refractivity contribution in [3.8, 4) is 16.9 Å². The maximum Gasteiger partial charge on any atom is 0.274 e. The van der Waals surface area contributed by atoms with Gasteiger partial charge in [0, 0.05) is 35.7 Å². The van der Waals surface area contributed by atoms with Gasteiger partial charge in [0.1, 0.15) is 28.2 Å². The molecule has 39 heavy (non-hydrogen) atoms. The molecular formula is C27H21ClF4N4O2S. The zero-order valence-corrected chi connectivity index (χ0v) is 22.4. The molecule has 1 aliphatic carbocycles. The minimum Gasteiger partial charge on any atom is -0.277 e. The number of nitrogens with one attached hydrogen (secondary N) is 1. The number of aromatic nitrogens is 3. The summed E-state index contributed by atoms with van der Waals surface area (Å²) in [7, 11) is -3.45. The van der Waals surface area contributed by atoms with Crippen molar-refractivity contribution in [2.45, 2.75) is 37.0 Å². The van der Waals surface area contributed by atoms with Crippen LogP contribution in [-0.2, 0) is 9.73 Å². The van der Waals surface area contributed by atoms with Gasteiger partial charge >= 0.3 is 0 Å². The molecule has 12 heteroatoms. The van der Waals surface area contributed by atoms with E-state index in [0.29, 0.717) is 17.7 Å².